The highest BCUT2D eigenvalue weighted by molar-refractivity contribution is 7.92. The van der Waals surface area contributed by atoms with Crippen LogP contribution in [-0.2, 0) is 10.0 Å². The van der Waals surface area contributed by atoms with E-state index in [0.29, 0.717) is 5.89 Å². The maximum atomic E-state index is 13.9. The molecule has 5 nitrogen and oxygen atoms in total. The molecular weight excluding hydrogens is 410 g/mol. The van der Waals surface area contributed by atoms with Crippen molar-refractivity contribution in [3.05, 3.63) is 90.3 Å². The molecule has 0 bridgehead atoms. The lowest BCUT2D eigenvalue weighted by molar-refractivity contribution is 0.485. The molecule has 0 aliphatic rings. The van der Waals surface area contributed by atoms with Gasteiger partial charge in [-0.2, -0.15) is 0 Å². The van der Waals surface area contributed by atoms with Crippen LogP contribution in [0.15, 0.2) is 82.4 Å². The van der Waals surface area contributed by atoms with Gasteiger partial charge in [0.25, 0.3) is 10.0 Å². The molecule has 8 heteroatoms. The van der Waals surface area contributed by atoms with Crippen LogP contribution < -0.4 is 4.72 Å². The zero-order chi connectivity index (χ0) is 21.3. The lowest BCUT2D eigenvalue weighted by Gasteiger charge is -2.11. The van der Waals surface area contributed by atoms with Crippen molar-refractivity contribution in [2.24, 2.45) is 0 Å². The Balaban J connectivity index is 1.62. The molecule has 1 N–H and O–H groups in total. The van der Waals surface area contributed by atoms with Crippen LogP contribution in [0.1, 0.15) is 5.56 Å². The number of anilines is 1. The molecule has 4 rings (SSSR count). The van der Waals surface area contributed by atoms with Crippen molar-refractivity contribution < 1.29 is 21.6 Å². The first-order chi connectivity index (χ1) is 14.3. The molecule has 3 aromatic carbocycles. The number of hydrogen-bond acceptors (Lipinski definition) is 4. The molecule has 0 atom stereocenters. The number of halogens is 2. The molecule has 0 spiro atoms. The van der Waals surface area contributed by atoms with Crippen LogP contribution in [0.25, 0.3) is 22.6 Å². The van der Waals surface area contributed by atoms with Gasteiger partial charge in [-0.15, -0.1) is 0 Å². The third-order valence-corrected chi connectivity index (χ3v) is 5.97. The van der Waals surface area contributed by atoms with Gasteiger partial charge in [-0.05, 0) is 60.0 Å². The Morgan fingerprint density at radius 1 is 0.967 bits per heavy atom. The van der Waals surface area contributed by atoms with Gasteiger partial charge in [0.05, 0.1) is 6.20 Å². The van der Waals surface area contributed by atoms with Crippen LogP contribution in [-0.4, -0.2) is 13.4 Å². The monoisotopic (exact) mass is 426 g/mol. The highest BCUT2D eigenvalue weighted by Gasteiger charge is 2.21. The zero-order valence-corrected chi connectivity index (χ0v) is 16.6. The first-order valence-electron chi connectivity index (χ1n) is 8.93. The summed E-state index contributed by atoms with van der Waals surface area (Å²) in [6.07, 6.45) is 3.06. The van der Waals surface area contributed by atoms with E-state index in [-0.39, 0.29) is 5.69 Å². The fourth-order valence-corrected chi connectivity index (χ4v) is 4.20. The summed E-state index contributed by atoms with van der Waals surface area (Å²) in [6, 6.07) is 15.4. The van der Waals surface area contributed by atoms with E-state index in [0.717, 1.165) is 40.5 Å². The fraction of sp³-hybridized carbons (Fsp3) is 0.0455. The summed E-state index contributed by atoms with van der Waals surface area (Å²) in [5, 5.41) is 0. The Kier molecular flexibility index (Phi) is 5.09. The van der Waals surface area contributed by atoms with Gasteiger partial charge in [0, 0.05) is 11.3 Å². The maximum absolute atomic E-state index is 13.9. The molecule has 30 heavy (non-hydrogen) atoms. The molecule has 0 fully saturated rings. The number of oxazole rings is 1. The third kappa shape index (κ3) is 3.81. The molecule has 0 radical (unpaired) electrons. The topological polar surface area (TPSA) is 72.2 Å². The molecule has 0 unspecified atom stereocenters. The van der Waals surface area contributed by atoms with E-state index in [1.165, 1.54) is 6.26 Å². The van der Waals surface area contributed by atoms with E-state index in [2.05, 4.69) is 9.71 Å². The van der Waals surface area contributed by atoms with Crippen molar-refractivity contribution in [3.63, 3.8) is 0 Å². The van der Waals surface area contributed by atoms with Crippen molar-refractivity contribution in [3.8, 4) is 22.6 Å². The van der Waals surface area contributed by atoms with E-state index in [9.17, 15) is 17.2 Å². The van der Waals surface area contributed by atoms with Crippen LogP contribution in [0.4, 0.5) is 14.5 Å². The van der Waals surface area contributed by atoms with E-state index < -0.39 is 26.6 Å². The van der Waals surface area contributed by atoms with Gasteiger partial charge in [-0.25, -0.2) is 22.2 Å². The molecule has 1 heterocycles. The van der Waals surface area contributed by atoms with Gasteiger partial charge in [0.1, 0.15) is 11.2 Å². The fourth-order valence-electron chi connectivity index (χ4n) is 3.05. The molecular formula is C22H16F2N2O3S. The van der Waals surface area contributed by atoms with Gasteiger partial charge in [-0.3, -0.25) is 4.72 Å². The van der Waals surface area contributed by atoms with Crippen LogP contribution in [0.5, 0.6) is 0 Å². The van der Waals surface area contributed by atoms with Gasteiger partial charge >= 0.3 is 0 Å². The Morgan fingerprint density at radius 3 is 2.40 bits per heavy atom. The van der Waals surface area contributed by atoms with E-state index in [1.807, 2.05) is 25.1 Å². The highest BCUT2D eigenvalue weighted by atomic mass is 32.2. The molecule has 1 aromatic heterocycles. The first kappa shape index (κ1) is 19.8. The summed E-state index contributed by atoms with van der Waals surface area (Å²) in [5.74, 6) is -2.15. The third-order valence-electron chi connectivity index (χ3n) is 4.57. The molecule has 0 amide bonds. The van der Waals surface area contributed by atoms with Crippen molar-refractivity contribution in [2.45, 2.75) is 11.8 Å². The Morgan fingerprint density at radius 2 is 1.70 bits per heavy atom. The van der Waals surface area contributed by atoms with Crippen LogP contribution in [0, 0.1) is 18.6 Å². The minimum atomic E-state index is -4.27. The molecule has 4 aromatic rings. The lowest BCUT2D eigenvalue weighted by Crippen LogP contribution is -2.15. The summed E-state index contributed by atoms with van der Waals surface area (Å²) in [5.41, 5.74) is 3.83. The largest absolute Gasteiger partial charge is 0.445 e. The van der Waals surface area contributed by atoms with E-state index in [1.54, 1.807) is 30.5 Å². The number of aryl methyl sites for hydroxylation is 1. The smallest absolute Gasteiger partial charge is 0.264 e. The Labute approximate surface area is 172 Å². The maximum Gasteiger partial charge on any atom is 0.264 e. The summed E-state index contributed by atoms with van der Waals surface area (Å²) >= 11 is 0. The number of hydrogen-bond donors (Lipinski definition) is 1. The van der Waals surface area contributed by atoms with Gasteiger partial charge < -0.3 is 4.42 Å². The molecule has 0 aliphatic carbocycles. The molecule has 0 aliphatic heterocycles. The predicted molar refractivity (Wildman–Crippen MR) is 109 cm³/mol. The van der Waals surface area contributed by atoms with Crippen molar-refractivity contribution >= 4 is 15.7 Å². The molecule has 152 valence electrons. The average molecular weight is 426 g/mol. The first-order valence-corrected chi connectivity index (χ1v) is 10.4. The quantitative estimate of drug-likeness (QED) is 0.464. The second-order valence-electron chi connectivity index (χ2n) is 6.60. The minimum Gasteiger partial charge on any atom is -0.445 e. The molecule has 0 saturated heterocycles. The Hall–Kier alpha value is -3.52. The average Bonchev–Trinajstić information content (AvgIpc) is 3.25. The predicted octanol–water partition coefficient (Wildman–Crippen LogP) is 5.40. The van der Waals surface area contributed by atoms with E-state index >= 15 is 0 Å². The number of sulfonamides is 1. The minimum absolute atomic E-state index is 0.226. The van der Waals surface area contributed by atoms with Crippen LogP contribution in [0.2, 0.25) is 0 Å². The lowest BCUT2D eigenvalue weighted by atomic mass is 9.98. The summed E-state index contributed by atoms with van der Waals surface area (Å²) in [7, 11) is -4.27. The Bertz CT molecular complexity index is 1300. The molecule has 0 saturated carbocycles. The number of nitrogens with zero attached hydrogens (tertiary/aromatic N) is 1. The number of benzene rings is 3. The zero-order valence-electron chi connectivity index (χ0n) is 15.8. The standard InChI is InChI=1S/C22H16F2N2O3S/c1-14-5-6-16(22-25-11-12-29-22)13-18(14)15-7-9-17(10-8-15)26-30(27,28)20-4-2-3-19(23)21(20)24/h2-13,26H,1H3. The summed E-state index contributed by atoms with van der Waals surface area (Å²) < 4.78 is 59.7. The number of rotatable bonds is 5. The van der Waals surface area contributed by atoms with Crippen molar-refractivity contribution in [2.75, 3.05) is 4.72 Å². The summed E-state index contributed by atoms with van der Waals surface area (Å²) in [4.78, 5) is 3.40. The van der Waals surface area contributed by atoms with Gasteiger partial charge in [0.2, 0.25) is 5.89 Å². The van der Waals surface area contributed by atoms with Crippen LogP contribution in [0.3, 0.4) is 0 Å². The number of aromatic nitrogens is 1. The second kappa shape index (κ2) is 7.72. The SMILES string of the molecule is Cc1ccc(-c2ncco2)cc1-c1ccc(NS(=O)(=O)c2cccc(F)c2F)cc1. The van der Waals surface area contributed by atoms with Gasteiger partial charge in [-0.1, -0.05) is 24.3 Å². The van der Waals surface area contributed by atoms with Crippen molar-refractivity contribution in [1.82, 2.24) is 4.98 Å². The highest BCUT2D eigenvalue weighted by Crippen LogP contribution is 2.30. The number of nitrogens with one attached hydrogen (secondary N) is 1. The normalized spacial score (nSPS) is 11.4. The van der Waals surface area contributed by atoms with E-state index in [4.69, 9.17) is 4.42 Å². The van der Waals surface area contributed by atoms with Crippen LogP contribution >= 0.6 is 0 Å². The van der Waals surface area contributed by atoms with Gasteiger partial charge in [0.15, 0.2) is 11.6 Å². The second-order valence-corrected chi connectivity index (χ2v) is 8.25. The van der Waals surface area contributed by atoms with Crippen molar-refractivity contribution in [1.29, 1.82) is 0 Å². The summed E-state index contributed by atoms with van der Waals surface area (Å²) in [6.45, 7) is 1.96.